The zero-order valence-electron chi connectivity index (χ0n) is 12.4. The number of rotatable bonds is 3. The second kappa shape index (κ2) is 5.16. The van der Waals surface area contributed by atoms with Crippen molar-refractivity contribution >= 4 is 27.5 Å². The van der Waals surface area contributed by atoms with Gasteiger partial charge in [-0.1, -0.05) is 15.9 Å². The van der Waals surface area contributed by atoms with E-state index < -0.39 is 0 Å². The molecule has 4 aliphatic carbocycles. The van der Waals surface area contributed by atoms with Gasteiger partial charge in [0.1, 0.15) is 5.75 Å². The van der Waals surface area contributed by atoms with E-state index in [-0.39, 0.29) is 5.38 Å². The van der Waals surface area contributed by atoms with Crippen LogP contribution in [0, 0.1) is 23.2 Å². The van der Waals surface area contributed by atoms with E-state index in [1.165, 1.54) is 44.1 Å². The number of methoxy groups -OCH3 is 1. The molecule has 4 saturated carbocycles. The fourth-order valence-corrected chi connectivity index (χ4v) is 6.54. The van der Waals surface area contributed by atoms with Gasteiger partial charge < -0.3 is 4.74 Å². The van der Waals surface area contributed by atoms with Crippen LogP contribution in [0.2, 0.25) is 0 Å². The molecule has 5 rings (SSSR count). The van der Waals surface area contributed by atoms with Crippen LogP contribution in [-0.2, 0) is 0 Å². The van der Waals surface area contributed by atoms with Crippen molar-refractivity contribution in [2.45, 2.75) is 43.9 Å². The maximum absolute atomic E-state index is 7.08. The highest BCUT2D eigenvalue weighted by molar-refractivity contribution is 9.10. The number of halogens is 2. The summed E-state index contributed by atoms with van der Waals surface area (Å²) in [5.41, 5.74) is 1.49. The van der Waals surface area contributed by atoms with Crippen LogP contribution in [-0.4, -0.2) is 7.11 Å². The summed E-state index contributed by atoms with van der Waals surface area (Å²) in [5.74, 6) is 3.72. The Labute approximate surface area is 140 Å². The van der Waals surface area contributed by atoms with Crippen LogP contribution in [0.25, 0.3) is 0 Å². The van der Waals surface area contributed by atoms with Crippen LogP contribution in [0.1, 0.15) is 49.5 Å². The molecular weight excluding hydrogens is 348 g/mol. The van der Waals surface area contributed by atoms with Gasteiger partial charge in [0.05, 0.1) is 12.5 Å². The predicted molar refractivity (Wildman–Crippen MR) is 89.9 cm³/mol. The van der Waals surface area contributed by atoms with Crippen molar-refractivity contribution in [2.75, 3.05) is 7.11 Å². The van der Waals surface area contributed by atoms with E-state index in [9.17, 15) is 0 Å². The highest BCUT2D eigenvalue weighted by Gasteiger charge is 2.54. The van der Waals surface area contributed by atoms with Crippen molar-refractivity contribution in [3.63, 3.8) is 0 Å². The van der Waals surface area contributed by atoms with Gasteiger partial charge in [0, 0.05) is 10.0 Å². The third kappa shape index (κ3) is 2.34. The zero-order chi connectivity index (χ0) is 14.6. The lowest BCUT2D eigenvalue weighted by Crippen LogP contribution is -2.47. The van der Waals surface area contributed by atoms with Gasteiger partial charge in [-0.05, 0) is 79.9 Å². The zero-order valence-corrected chi connectivity index (χ0v) is 14.8. The quantitative estimate of drug-likeness (QED) is 0.598. The van der Waals surface area contributed by atoms with Gasteiger partial charge in [-0.2, -0.15) is 0 Å². The third-order valence-electron chi connectivity index (χ3n) is 6.09. The van der Waals surface area contributed by atoms with E-state index in [0.29, 0.717) is 5.41 Å². The summed E-state index contributed by atoms with van der Waals surface area (Å²) in [5, 5.41) is 0.0818. The minimum atomic E-state index is 0.0818. The fraction of sp³-hybridized carbons (Fsp3) is 0.667. The molecule has 1 unspecified atom stereocenters. The number of ether oxygens (including phenoxy) is 1. The highest BCUT2D eigenvalue weighted by atomic mass is 79.9. The predicted octanol–water partition coefficient (Wildman–Crippen LogP) is 5.95. The van der Waals surface area contributed by atoms with Crippen molar-refractivity contribution in [3.8, 4) is 5.75 Å². The number of hydrogen-bond acceptors (Lipinski definition) is 1. The van der Waals surface area contributed by atoms with Crippen LogP contribution in [0.4, 0.5) is 0 Å². The molecule has 1 aromatic carbocycles. The lowest BCUT2D eigenvalue weighted by atomic mass is 9.48. The lowest BCUT2D eigenvalue weighted by Gasteiger charge is -2.58. The van der Waals surface area contributed by atoms with Gasteiger partial charge in [0.15, 0.2) is 0 Å². The Hall–Kier alpha value is -0.210. The highest BCUT2D eigenvalue weighted by Crippen LogP contribution is 2.66. The SMILES string of the molecule is COc1ccc(Br)cc1C(Cl)C12CC3CC(CC(C3)C1)C2. The molecule has 0 spiro atoms. The van der Waals surface area contributed by atoms with Crippen molar-refractivity contribution in [2.24, 2.45) is 23.2 Å². The molecule has 0 aliphatic heterocycles. The Balaban J connectivity index is 1.71. The Kier molecular flexibility index (Phi) is 3.54. The Morgan fingerprint density at radius 1 is 1.14 bits per heavy atom. The standard InChI is InChI=1S/C18H22BrClO/c1-21-16-3-2-14(19)7-15(16)17(20)18-8-11-4-12(9-18)6-13(5-11)10-18/h2-3,7,11-13,17H,4-6,8-10H2,1H3. The van der Waals surface area contributed by atoms with Gasteiger partial charge in [0.25, 0.3) is 0 Å². The molecule has 1 nitrogen and oxygen atoms in total. The maximum Gasteiger partial charge on any atom is 0.123 e. The van der Waals surface area contributed by atoms with Crippen LogP contribution in [0.5, 0.6) is 5.75 Å². The number of alkyl halides is 1. The summed E-state index contributed by atoms with van der Waals surface area (Å²) in [7, 11) is 1.75. The van der Waals surface area contributed by atoms with Crippen molar-refractivity contribution in [1.29, 1.82) is 0 Å². The Morgan fingerprint density at radius 3 is 2.24 bits per heavy atom. The molecular formula is C18H22BrClO. The molecule has 4 bridgehead atoms. The molecule has 4 aliphatic rings. The van der Waals surface area contributed by atoms with Gasteiger partial charge in [-0.15, -0.1) is 11.6 Å². The van der Waals surface area contributed by atoms with E-state index in [0.717, 1.165) is 28.0 Å². The first-order valence-corrected chi connectivity index (χ1v) is 9.30. The average molecular weight is 370 g/mol. The van der Waals surface area contributed by atoms with Crippen molar-refractivity contribution in [3.05, 3.63) is 28.2 Å². The minimum Gasteiger partial charge on any atom is -0.496 e. The van der Waals surface area contributed by atoms with Gasteiger partial charge in [0.2, 0.25) is 0 Å². The van der Waals surface area contributed by atoms with Crippen LogP contribution < -0.4 is 4.74 Å². The monoisotopic (exact) mass is 368 g/mol. The average Bonchev–Trinajstić information content (AvgIpc) is 2.45. The summed E-state index contributed by atoms with van der Waals surface area (Å²) in [6.45, 7) is 0. The Morgan fingerprint density at radius 2 is 1.71 bits per heavy atom. The molecule has 114 valence electrons. The molecule has 0 heterocycles. The van der Waals surface area contributed by atoms with Crippen molar-refractivity contribution < 1.29 is 4.74 Å². The molecule has 4 fully saturated rings. The summed E-state index contributed by atoms with van der Waals surface area (Å²) in [4.78, 5) is 0. The third-order valence-corrected chi connectivity index (χ3v) is 7.28. The molecule has 0 N–H and O–H groups in total. The molecule has 0 aromatic heterocycles. The number of benzene rings is 1. The van der Waals surface area contributed by atoms with Gasteiger partial charge in [-0.25, -0.2) is 0 Å². The molecule has 1 aromatic rings. The second-order valence-corrected chi connectivity index (χ2v) is 8.88. The van der Waals surface area contributed by atoms with E-state index >= 15 is 0 Å². The van der Waals surface area contributed by atoms with Crippen molar-refractivity contribution in [1.82, 2.24) is 0 Å². The first-order valence-electron chi connectivity index (χ1n) is 8.07. The van der Waals surface area contributed by atoms with E-state index in [1.807, 2.05) is 12.1 Å². The van der Waals surface area contributed by atoms with Crippen LogP contribution in [0.3, 0.4) is 0 Å². The first-order chi connectivity index (χ1) is 10.1. The first kappa shape index (κ1) is 14.4. The summed E-state index contributed by atoms with van der Waals surface area (Å²) in [6, 6.07) is 6.23. The van der Waals surface area contributed by atoms with E-state index in [1.54, 1.807) is 7.11 Å². The van der Waals surface area contributed by atoms with E-state index in [2.05, 4.69) is 22.0 Å². The van der Waals surface area contributed by atoms with Gasteiger partial charge in [-0.3, -0.25) is 0 Å². The van der Waals surface area contributed by atoms with Crippen LogP contribution in [0.15, 0.2) is 22.7 Å². The topological polar surface area (TPSA) is 9.23 Å². The molecule has 1 atom stereocenters. The summed E-state index contributed by atoms with van der Waals surface area (Å²) < 4.78 is 6.67. The summed E-state index contributed by atoms with van der Waals surface area (Å²) in [6.07, 6.45) is 8.34. The number of hydrogen-bond donors (Lipinski definition) is 0. The van der Waals surface area contributed by atoms with Gasteiger partial charge >= 0.3 is 0 Å². The molecule has 0 radical (unpaired) electrons. The summed E-state index contributed by atoms with van der Waals surface area (Å²) >= 11 is 10.7. The fourth-order valence-electron chi connectivity index (χ4n) is 5.72. The maximum atomic E-state index is 7.08. The Bertz CT molecular complexity index is 521. The molecule has 0 saturated heterocycles. The lowest BCUT2D eigenvalue weighted by molar-refractivity contribution is -0.0554. The smallest absolute Gasteiger partial charge is 0.123 e. The molecule has 0 amide bonds. The normalized spacial score (nSPS) is 38.5. The largest absolute Gasteiger partial charge is 0.496 e. The van der Waals surface area contributed by atoms with E-state index in [4.69, 9.17) is 16.3 Å². The molecule has 3 heteroatoms. The molecule has 21 heavy (non-hydrogen) atoms. The second-order valence-electron chi connectivity index (χ2n) is 7.53. The van der Waals surface area contributed by atoms with Crippen LogP contribution >= 0.6 is 27.5 Å². The minimum absolute atomic E-state index is 0.0818.